The maximum absolute atomic E-state index is 13.1. The topological polar surface area (TPSA) is 84.9 Å². The van der Waals surface area contributed by atoms with Gasteiger partial charge in [-0.2, -0.15) is 0 Å². The van der Waals surface area contributed by atoms with Crippen molar-refractivity contribution in [1.82, 2.24) is 10.2 Å². The summed E-state index contributed by atoms with van der Waals surface area (Å²) in [5.74, 6) is -0.0147. The smallest absolute Gasteiger partial charge is 0.331 e. The van der Waals surface area contributed by atoms with Gasteiger partial charge in [0, 0.05) is 5.39 Å². The van der Waals surface area contributed by atoms with E-state index >= 15 is 0 Å². The van der Waals surface area contributed by atoms with Crippen molar-refractivity contribution < 1.29 is 23.9 Å². The summed E-state index contributed by atoms with van der Waals surface area (Å²) in [4.78, 5) is 38.9. The van der Waals surface area contributed by atoms with Gasteiger partial charge in [-0.3, -0.25) is 19.8 Å². The number of fused-ring (bicyclic) bond motifs is 1. The summed E-state index contributed by atoms with van der Waals surface area (Å²) < 4.78 is 10.5. The van der Waals surface area contributed by atoms with E-state index in [1.807, 2.05) is 24.3 Å². The van der Waals surface area contributed by atoms with E-state index in [4.69, 9.17) is 9.47 Å². The molecule has 1 heterocycles. The average Bonchev–Trinajstić information content (AvgIpc) is 2.79. The van der Waals surface area contributed by atoms with Gasteiger partial charge in [0.25, 0.3) is 11.8 Å². The predicted octanol–water partition coefficient (Wildman–Crippen LogP) is 3.52. The second kappa shape index (κ2) is 8.31. The van der Waals surface area contributed by atoms with Crippen molar-refractivity contribution in [2.45, 2.75) is 6.54 Å². The van der Waals surface area contributed by atoms with Crippen LogP contribution in [0.5, 0.6) is 11.5 Å². The molecule has 0 radical (unpaired) electrons. The van der Waals surface area contributed by atoms with E-state index in [0.29, 0.717) is 17.1 Å². The lowest BCUT2D eigenvalue weighted by Crippen LogP contribution is -2.53. The molecule has 1 saturated heterocycles. The maximum atomic E-state index is 13.1. The van der Waals surface area contributed by atoms with Crippen molar-refractivity contribution in [2.24, 2.45) is 0 Å². The molecule has 3 aromatic rings. The standard InChI is InChI=1S/C24H20N2O5/c1-30-17-10-7-15(8-11-17)14-26-23(28)20(22(27)25-24(26)29)13-16-9-12-21(31-2)19-6-4-3-5-18(16)19/h3-13H,14H2,1-2H3,(H,25,27,29). The number of urea groups is 1. The number of hydrogen-bond donors (Lipinski definition) is 1. The van der Waals surface area contributed by atoms with E-state index in [1.54, 1.807) is 50.6 Å². The number of rotatable bonds is 5. The molecule has 7 nitrogen and oxygen atoms in total. The average molecular weight is 416 g/mol. The molecule has 0 bridgehead atoms. The lowest BCUT2D eigenvalue weighted by atomic mass is 10.00. The summed E-state index contributed by atoms with van der Waals surface area (Å²) in [5.41, 5.74) is 1.30. The summed E-state index contributed by atoms with van der Waals surface area (Å²) in [7, 11) is 3.14. The number of carbonyl (C=O) groups is 3. The zero-order chi connectivity index (χ0) is 22.0. The molecule has 0 aliphatic carbocycles. The fourth-order valence-corrected chi connectivity index (χ4v) is 3.51. The Balaban J connectivity index is 1.70. The van der Waals surface area contributed by atoms with Gasteiger partial charge in [-0.15, -0.1) is 0 Å². The van der Waals surface area contributed by atoms with Crippen LogP contribution in [0.3, 0.4) is 0 Å². The SMILES string of the molecule is COc1ccc(CN2C(=O)NC(=O)C(=Cc3ccc(OC)c4ccccc34)C2=O)cc1. The summed E-state index contributed by atoms with van der Waals surface area (Å²) >= 11 is 0. The van der Waals surface area contributed by atoms with Crippen LogP contribution < -0.4 is 14.8 Å². The monoisotopic (exact) mass is 416 g/mol. The molecule has 1 fully saturated rings. The van der Waals surface area contributed by atoms with Gasteiger partial charge >= 0.3 is 6.03 Å². The van der Waals surface area contributed by atoms with Gasteiger partial charge in [0.15, 0.2) is 0 Å². The molecule has 0 atom stereocenters. The van der Waals surface area contributed by atoms with Crippen LogP contribution in [0.1, 0.15) is 11.1 Å². The second-order valence-corrected chi connectivity index (χ2v) is 6.96. The van der Waals surface area contributed by atoms with Crippen LogP contribution in [-0.2, 0) is 16.1 Å². The first-order valence-corrected chi connectivity index (χ1v) is 9.59. The first kappa shape index (κ1) is 20.2. The number of amides is 4. The number of imide groups is 2. The van der Waals surface area contributed by atoms with Crippen molar-refractivity contribution in [3.8, 4) is 11.5 Å². The first-order valence-electron chi connectivity index (χ1n) is 9.59. The summed E-state index contributed by atoms with van der Waals surface area (Å²) in [6, 6.07) is 17.4. The second-order valence-electron chi connectivity index (χ2n) is 6.96. The molecule has 0 unspecified atom stereocenters. The number of nitrogens with zero attached hydrogens (tertiary/aromatic N) is 1. The van der Waals surface area contributed by atoms with Crippen molar-refractivity contribution in [3.63, 3.8) is 0 Å². The van der Waals surface area contributed by atoms with Crippen LogP contribution in [0.15, 0.2) is 66.2 Å². The Morgan fingerprint density at radius 1 is 0.871 bits per heavy atom. The van der Waals surface area contributed by atoms with Crippen LogP contribution in [0.2, 0.25) is 0 Å². The highest BCUT2D eigenvalue weighted by atomic mass is 16.5. The molecular formula is C24H20N2O5. The number of barbiturate groups is 1. The van der Waals surface area contributed by atoms with E-state index in [1.165, 1.54) is 6.08 Å². The Hall–Kier alpha value is -4.13. The molecular weight excluding hydrogens is 396 g/mol. The molecule has 0 aromatic heterocycles. The molecule has 0 spiro atoms. The molecule has 4 rings (SSSR count). The van der Waals surface area contributed by atoms with Gasteiger partial charge in [0.2, 0.25) is 0 Å². The highest BCUT2D eigenvalue weighted by Gasteiger charge is 2.35. The Labute approximate surface area is 178 Å². The minimum Gasteiger partial charge on any atom is -0.497 e. The Kier molecular flexibility index (Phi) is 5.41. The van der Waals surface area contributed by atoms with Gasteiger partial charge in [0.05, 0.1) is 20.8 Å². The third-order valence-electron chi connectivity index (χ3n) is 5.12. The normalized spacial score (nSPS) is 15.4. The van der Waals surface area contributed by atoms with Crippen LogP contribution in [0, 0.1) is 0 Å². The van der Waals surface area contributed by atoms with Crippen LogP contribution in [0.4, 0.5) is 4.79 Å². The van der Waals surface area contributed by atoms with Gasteiger partial charge in [0.1, 0.15) is 17.1 Å². The van der Waals surface area contributed by atoms with E-state index in [2.05, 4.69) is 5.32 Å². The molecule has 0 saturated carbocycles. The predicted molar refractivity (Wildman–Crippen MR) is 116 cm³/mol. The Morgan fingerprint density at radius 2 is 1.58 bits per heavy atom. The quantitative estimate of drug-likeness (QED) is 0.508. The number of benzene rings is 3. The summed E-state index contributed by atoms with van der Waals surface area (Å²) in [5, 5.41) is 3.94. The third-order valence-corrected chi connectivity index (χ3v) is 5.12. The summed E-state index contributed by atoms with van der Waals surface area (Å²) in [6.07, 6.45) is 1.51. The number of carbonyl (C=O) groups excluding carboxylic acids is 3. The largest absolute Gasteiger partial charge is 0.497 e. The number of hydrogen-bond acceptors (Lipinski definition) is 5. The highest BCUT2D eigenvalue weighted by molar-refractivity contribution is 6.31. The molecule has 4 amide bonds. The maximum Gasteiger partial charge on any atom is 0.331 e. The van der Waals surface area contributed by atoms with E-state index in [9.17, 15) is 14.4 Å². The van der Waals surface area contributed by atoms with Crippen molar-refractivity contribution >= 4 is 34.7 Å². The summed E-state index contributed by atoms with van der Waals surface area (Å²) in [6.45, 7) is 0.0304. The Morgan fingerprint density at radius 3 is 2.26 bits per heavy atom. The van der Waals surface area contributed by atoms with E-state index in [-0.39, 0.29) is 12.1 Å². The van der Waals surface area contributed by atoms with Gasteiger partial charge in [-0.1, -0.05) is 42.5 Å². The van der Waals surface area contributed by atoms with E-state index < -0.39 is 17.8 Å². The molecule has 7 heteroatoms. The van der Waals surface area contributed by atoms with Crippen molar-refractivity contribution in [2.75, 3.05) is 14.2 Å². The highest BCUT2D eigenvalue weighted by Crippen LogP contribution is 2.30. The van der Waals surface area contributed by atoms with Crippen LogP contribution in [-0.4, -0.2) is 37.0 Å². The van der Waals surface area contributed by atoms with Crippen molar-refractivity contribution in [3.05, 3.63) is 77.4 Å². The molecule has 1 aliphatic heterocycles. The fraction of sp³-hybridized carbons (Fsp3) is 0.125. The lowest BCUT2D eigenvalue weighted by Gasteiger charge is -2.26. The molecule has 156 valence electrons. The van der Waals surface area contributed by atoms with Gasteiger partial charge in [-0.25, -0.2) is 4.79 Å². The van der Waals surface area contributed by atoms with Crippen molar-refractivity contribution in [1.29, 1.82) is 0 Å². The molecule has 1 aliphatic rings. The zero-order valence-corrected chi connectivity index (χ0v) is 17.0. The fourth-order valence-electron chi connectivity index (χ4n) is 3.51. The molecule has 3 aromatic carbocycles. The minimum absolute atomic E-state index is 0.0304. The zero-order valence-electron chi connectivity index (χ0n) is 17.0. The van der Waals surface area contributed by atoms with E-state index in [0.717, 1.165) is 21.2 Å². The Bertz CT molecular complexity index is 1210. The third kappa shape index (κ3) is 3.85. The van der Waals surface area contributed by atoms with Gasteiger partial charge in [-0.05, 0) is 40.8 Å². The first-order chi connectivity index (χ1) is 15.0. The van der Waals surface area contributed by atoms with Gasteiger partial charge < -0.3 is 9.47 Å². The van der Waals surface area contributed by atoms with Crippen LogP contribution >= 0.6 is 0 Å². The molecule has 1 N–H and O–H groups in total. The number of nitrogens with one attached hydrogen (secondary N) is 1. The number of ether oxygens (including phenoxy) is 2. The lowest BCUT2D eigenvalue weighted by molar-refractivity contribution is -0.130. The number of methoxy groups -OCH3 is 2. The van der Waals surface area contributed by atoms with Crippen LogP contribution in [0.25, 0.3) is 16.8 Å². The molecule has 31 heavy (non-hydrogen) atoms. The minimum atomic E-state index is -0.748.